The number of nitrogens with zero attached hydrogens (tertiary/aromatic N) is 1. The Labute approximate surface area is 111 Å². The van der Waals surface area contributed by atoms with Crippen molar-refractivity contribution in [2.45, 2.75) is 25.3 Å². The SMILES string of the molecule is CNC1CCN(CC2CCOC2)CC1.Cl.Cl. The topological polar surface area (TPSA) is 24.5 Å². The summed E-state index contributed by atoms with van der Waals surface area (Å²) in [5.74, 6) is 0.807. The zero-order valence-electron chi connectivity index (χ0n) is 9.98. The number of likely N-dealkylation sites (tertiary alicyclic amines) is 1. The van der Waals surface area contributed by atoms with Crippen LogP contribution in [0, 0.1) is 5.92 Å². The van der Waals surface area contributed by atoms with Gasteiger partial charge in [-0.15, -0.1) is 24.8 Å². The second kappa shape index (κ2) is 8.54. The van der Waals surface area contributed by atoms with Crippen molar-refractivity contribution in [3.05, 3.63) is 0 Å². The molecule has 5 heteroatoms. The highest BCUT2D eigenvalue weighted by molar-refractivity contribution is 5.85. The Morgan fingerprint density at radius 1 is 1.19 bits per heavy atom. The number of ether oxygens (including phenoxy) is 1. The lowest BCUT2D eigenvalue weighted by Crippen LogP contribution is -2.43. The molecule has 2 rings (SSSR count). The van der Waals surface area contributed by atoms with Crippen LogP contribution in [-0.2, 0) is 4.74 Å². The van der Waals surface area contributed by atoms with E-state index in [-0.39, 0.29) is 24.8 Å². The van der Waals surface area contributed by atoms with Gasteiger partial charge in [0.2, 0.25) is 0 Å². The number of rotatable bonds is 3. The highest BCUT2D eigenvalue weighted by atomic mass is 35.5. The zero-order valence-corrected chi connectivity index (χ0v) is 11.6. The summed E-state index contributed by atoms with van der Waals surface area (Å²) >= 11 is 0. The molecule has 2 aliphatic rings. The van der Waals surface area contributed by atoms with E-state index in [2.05, 4.69) is 17.3 Å². The summed E-state index contributed by atoms with van der Waals surface area (Å²) in [6.07, 6.45) is 3.89. The molecule has 3 nitrogen and oxygen atoms in total. The lowest BCUT2D eigenvalue weighted by atomic mass is 10.0. The van der Waals surface area contributed by atoms with E-state index >= 15 is 0 Å². The largest absolute Gasteiger partial charge is 0.381 e. The van der Waals surface area contributed by atoms with E-state index in [4.69, 9.17) is 4.74 Å². The highest BCUT2D eigenvalue weighted by Crippen LogP contribution is 2.17. The van der Waals surface area contributed by atoms with Gasteiger partial charge in [-0.2, -0.15) is 0 Å². The van der Waals surface area contributed by atoms with Gasteiger partial charge in [0.1, 0.15) is 0 Å². The van der Waals surface area contributed by atoms with Crippen LogP contribution in [0.3, 0.4) is 0 Å². The fraction of sp³-hybridized carbons (Fsp3) is 1.00. The first-order valence-corrected chi connectivity index (χ1v) is 5.86. The normalized spacial score (nSPS) is 27.2. The van der Waals surface area contributed by atoms with Gasteiger partial charge in [0.05, 0.1) is 6.61 Å². The van der Waals surface area contributed by atoms with E-state index in [0.717, 1.165) is 25.2 Å². The first-order chi connectivity index (χ1) is 6.88. The van der Waals surface area contributed by atoms with Crippen LogP contribution in [0.5, 0.6) is 0 Å². The molecule has 2 heterocycles. The monoisotopic (exact) mass is 270 g/mol. The summed E-state index contributed by atoms with van der Waals surface area (Å²) in [7, 11) is 2.07. The van der Waals surface area contributed by atoms with E-state index in [1.165, 1.54) is 38.9 Å². The lowest BCUT2D eigenvalue weighted by Gasteiger charge is -2.33. The van der Waals surface area contributed by atoms with Crippen LogP contribution < -0.4 is 5.32 Å². The van der Waals surface area contributed by atoms with Crippen molar-refractivity contribution in [3.8, 4) is 0 Å². The third kappa shape index (κ3) is 4.76. The van der Waals surface area contributed by atoms with Gasteiger partial charge in [-0.05, 0) is 45.3 Å². The fourth-order valence-corrected chi connectivity index (χ4v) is 2.50. The van der Waals surface area contributed by atoms with Gasteiger partial charge in [0.25, 0.3) is 0 Å². The summed E-state index contributed by atoms with van der Waals surface area (Å²) in [5.41, 5.74) is 0. The van der Waals surface area contributed by atoms with Crippen LogP contribution in [0.15, 0.2) is 0 Å². The molecular weight excluding hydrogens is 247 g/mol. The van der Waals surface area contributed by atoms with Crippen LogP contribution in [-0.4, -0.2) is 50.8 Å². The van der Waals surface area contributed by atoms with Crippen molar-refractivity contribution < 1.29 is 4.74 Å². The predicted octanol–water partition coefficient (Wildman–Crippen LogP) is 1.55. The highest BCUT2D eigenvalue weighted by Gasteiger charge is 2.22. The standard InChI is InChI=1S/C11H22N2O.2ClH/c1-12-11-2-5-13(6-3-11)8-10-4-7-14-9-10;;/h10-12H,2-9H2,1H3;2*1H. The van der Waals surface area contributed by atoms with Gasteiger partial charge >= 0.3 is 0 Å². The minimum atomic E-state index is 0. The minimum Gasteiger partial charge on any atom is -0.381 e. The average Bonchev–Trinajstić information content (AvgIpc) is 2.72. The minimum absolute atomic E-state index is 0. The Balaban J connectivity index is 0.00000112. The fourth-order valence-electron chi connectivity index (χ4n) is 2.50. The maximum Gasteiger partial charge on any atom is 0.0507 e. The molecular formula is C11H24Cl2N2O. The van der Waals surface area contributed by atoms with E-state index in [1.807, 2.05) is 0 Å². The van der Waals surface area contributed by atoms with Gasteiger partial charge in [-0.25, -0.2) is 0 Å². The van der Waals surface area contributed by atoms with E-state index in [1.54, 1.807) is 0 Å². The van der Waals surface area contributed by atoms with Crippen LogP contribution in [0.2, 0.25) is 0 Å². The van der Waals surface area contributed by atoms with Crippen molar-refractivity contribution in [2.24, 2.45) is 5.92 Å². The molecule has 0 aliphatic carbocycles. The molecule has 1 N–H and O–H groups in total. The first-order valence-electron chi connectivity index (χ1n) is 5.86. The Kier molecular flexibility index (Phi) is 8.78. The van der Waals surface area contributed by atoms with Crippen molar-refractivity contribution in [1.82, 2.24) is 10.2 Å². The Morgan fingerprint density at radius 3 is 2.38 bits per heavy atom. The number of hydrogen-bond donors (Lipinski definition) is 1. The number of halogens is 2. The molecule has 0 saturated carbocycles. The van der Waals surface area contributed by atoms with Crippen molar-refractivity contribution in [2.75, 3.05) is 39.9 Å². The van der Waals surface area contributed by atoms with Crippen LogP contribution >= 0.6 is 24.8 Å². The molecule has 0 spiro atoms. The predicted molar refractivity (Wildman–Crippen MR) is 71.9 cm³/mol. The van der Waals surface area contributed by atoms with Crippen molar-refractivity contribution in [1.29, 1.82) is 0 Å². The molecule has 1 unspecified atom stereocenters. The Bertz CT molecular complexity index is 169. The first kappa shape index (κ1) is 16.5. The molecule has 16 heavy (non-hydrogen) atoms. The second-order valence-electron chi connectivity index (χ2n) is 4.59. The number of nitrogens with one attached hydrogen (secondary N) is 1. The summed E-state index contributed by atoms with van der Waals surface area (Å²) in [5, 5.41) is 3.37. The third-order valence-corrected chi connectivity index (χ3v) is 3.54. The second-order valence-corrected chi connectivity index (χ2v) is 4.59. The maximum absolute atomic E-state index is 5.40. The number of piperidine rings is 1. The molecule has 2 saturated heterocycles. The maximum atomic E-state index is 5.40. The summed E-state index contributed by atoms with van der Waals surface area (Å²) in [6, 6.07) is 0.756. The van der Waals surface area contributed by atoms with Crippen LogP contribution in [0.1, 0.15) is 19.3 Å². The molecule has 0 amide bonds. The molecule has 0 aromatic heterocycles. The zero-order chi connectivity index (χ0) is 9.80. The molecule has 2 aliphatic heterocycles. The van der Waals surface area contributed by atoms with E-state index < -0.39 is 0 Å². The quantitative estimate of drug-likeness (QED) is 0.843. The van der Waals surface area contributed by atoms with Crippen molar-refractivity contribution >= 4 is 24.8 Å². The van der Waals surface area contributed by atoms with Gasteiger partial charge in [0.15, 0.2) is 0 Å². The molecule has 2 fully saturated rings. The summed E-state index contributed by atoms with van der Waals surface area (Å²) in [6.45, 7) is 5.77. The molecule has 0 aromatic carbocycles. The van der Waals surface area contributed by atoms with Gasteiger partial charge in [-0.1, -0.05) is 0 Å². The van der Waals surface area contributed by atoms with Gasteiger partial charge < -0.3 is 15.0 Å². The van der Waals surface area contributed by atoms with E-state index in [0.29, 0.717) is 0 Å². The summed E-state index contributed by atoms with van der Waals surface area (Å²) < 4.78 is 5.40. The van der Waals surface area contributed by atoms with Crippen LogP contribution in [0.25, 0.3) is 0 Å². The Morgan fingerprint density at radius 2 is 1.88 bits per heavy atom. The third-order valence-electron chi connectivity index (χ3n) is 3.54. The summed E-state index contributed by atoms with van der Waals surface area (Å²) in [4.78, 5) is 2.60. The Hall–Kier alpha value is 0.460. The average molecular weight is 271 g/mol. The van der Waals surface area contributed by atoms with Gasteiger partial charge in [0, 0.05) is 19.2 Å². The molecule has 0 radical (unpaired) electrons. The van der Waals surface area contributed by atoms with Crippen molar-refractivity contribution in [3.63, 3.8) is 0 Å². The van der Waals surface area contributed by atoms with E-state index in [9.17, 15) is 0 Å². The molecule has 0 aromatic rings. The molecule has 0 bridgehead atoms. The number of hydrogen-bond acceptors (Lipinski definition) is 3. The molecule has 98 valence electrons. The molecule has 1 atom stereocenters. The van der Waals surface area contributed by atoms with Gasteiger partial charge in [-0.3, -0.25) is 0 Å². The lowest BCUT2D eigenvalue weighted by molar-refractivity contribution is 0.149. The van der Waals surface area contributed by atoms with Crippen LogP contribution in [0.4, 0.5) is 0 Å². The smallest absolute Gasteiger partial charge is 0.0507 e.